The predicted molar refractivity (Wildman–Crippen MR) is 88.4 cm³/mol. The van der Waals surface area contributed by atoms with Crippen LogP contribution in [0.1, 0.15) is 12.8 Å². The first kappa shape index (κ1) is 15.3. The van der Waals surface area contributed by atoms with Gasteiger partial charge in [-0.15, -0.1) is 10.2 Å². The molecule has 3 rings (SSSR count). The van der Waals surface area contributed by atoms with Gasteiger partial charge in [0.25, 0.3) is 0 Å². The maximum Gasteiger partial charge on any atom is 0.237 e. The van der Waals surface area contributed by atoms with E-state index in [4.69, 9.17) is 16.1 Å². The van der Waals surface area contributed by atoms with Gasteiger partial charge in [-0.25, -0.2) is 0 Å². The van der Waals surface area contributed by atoms with E-state index in [1.54, 1.807) is 12.1 Å². The van der Waals surface area contributed by atoms with Gasteiger partial charge in [-0.05, 0) is 19.1 Å². The van der Waals surface area contributed by atoms with Crippen LogP contribution >= 0.6 is 34.7 Å². The van der Waals surface area contributed by atoms with Crippen molar-refractivity contribution >= 4 is 39.8 Å². The summed E-state index contributed by atoms with van der Waals surface area (Å²) in [5.41, 5.74) is 0.831. The lowest BCUT2D eigenvalue weighted by molar-refractivity contribution is 0.391. The molecule has 0 aliphatic carbocycles. The minimum absolute atomic E-state index is 0.531. The monoisotopic (exact) mass is 353 g/mol. The Bertz CT molecular complexity index is 760. The summed E-state index contributed by atoms with van der Waals surface area (Å²) in [6.45, 7) is 2.84. The largest absolute Gasteiger partial charge is 0.360 e. The van der Waals surface area contributed by atoms with Gasteiger partial charge >= 0.3 is 0 Å². The third-order valence-electron chi connectivity index (χ3n) is 2.60. The molecule has 0 saturated heterocycles. The first-order chi connectivity index (χ1) is 10.7. The van der Waals surface area contributed by atoms with E-state index in [1.807, 2.05) is 19.1 Å². The maximum absolute atomic E-state index is 5.96. The fourth-order valence-corrected chi connectivity index (χ4v) is 3.52. The van der Waals surface area contributed by atoms with E-state index in [9.17, 15) is 0 Å². The first-order valence-corrected chi connectivity index (χ1v) is 8.71. The second-order valence-corrected chi connectivity index (χ2v) is 6.85. The van der Waals surface area contributed by atoms with E-state index in [-0.39, 0.29) is 0 Å². The number of nitrogens with zero attached hydrogens (tertiary/aromatic N) is 4. The van der Waals surface area contributed by atoms with Crippen LogP contribution in [0.15, 0.2) is 33.1 Å². The van der Waals surface area contributed by atoms with Gasteiger partial charge in [0.2, 0.25) is 16.8 Å². The van der Waals surface area contributed by atoms with Crippen molar-refractivity contribution in [2.24, 2.45) is 0 Å². The second-order valence-electron chi connectivity index (χ2n) is 4.21. The van der Waals surface area contributed by atoms with Crippen LogP contribution < -0.4 is 5.32 Å². The normalized spacial score (nSPS) is 10.8. The summed E-state index contributed by atoms with van der Waals surface area (Å²) in [4.78, 5) is 4.36. The number of anilines is 1. The minimum atomic E-state index is 0.531. The maximum atomic E-state index is 5.96. The number of hydrogen-bond acceptors (Lipinski definition) is 8. The summed E-state index contributed by atoms with van der Waals surface area (Å²) < 4.78 is 6.11. The quantitative estimate of drug-likeness (QED) is 0.672. The van der Waals surface area contributed by atoms with Gasteiger partial charge in [-0.3, -0.25) is 0 Å². The zero-order chi connectivity index (χ0) is 15.4. The van der Waals surface area contributed by atoms with E-state index in [0.29, 0.717) is 22.5 Å². The predicted octanol–water partition coefficient (Wildman–Crippen LogP) is 3.97. The molecule has 22 heavy (non-hydrogen) atoms. The number of halogens is 1. The number of thioether (sulfide) groups is 1. The van der Waals surface area contributed by atoms with Crippen molar-refractivity contribution in [1.82, 2.24) is 20.3 Å². The Morgan fingerprint density at radius 2 is 2.27 bits per heavy atom. The summed E-state index contributed by atoms with van der Waals surface area (Å²) in [5.74, 6) is 1.62. The lowest BCUT2D eigenvalue weighted by Crippen LogP contribution is -1.94. The molecule has 0 radical (unpaired) electrons. The van der Waals surface area contributed by atoms with Crippen LogP contribution in [0.25, 0.3) is 11.4 Å². The fourth-order valence-electron chi connectivity index (χ4n) is 1.67. The highest BCUT2D eigenvalue weighted by molar-refractivity contribution is 8.00. The topological polar surface area (TPSA) is 76.7 Å². The van der Waals surface area contributed by atoms with Crippen molar-refractivity contribution in [3.05, 3.63) is 35.2 Å². The van der Waals surface area contributed by atoms with Gasteiger partial charge in [0, 0.05) is 17.1 Å². The Balaban J connectivity index is 1.64. The van der Waals surface area contributed by atoms with Gasteiger partial charge in [-0.2, -0.15) is 4.98 Å². The molecule has 0 aliphatic heterocycles. The van der Waals surface area contributed by atoms with E-state index >= 15 is 0 Å². The van der Waals surface area contributed by atoms with Crippen LogP contribution in [-0.2, 0) is 5.75 Å². The lowest BCUT2D eigenvalue weighted by atomic mass is 10.2. The molecule has 6 nitrogen and oxygen atoms in total. The average molecular weight is 354 g/mol. The van der Waals surface area contributed by atoms with E-state index < -0.39 is 0 Å². The molecule has 0 aliphatic rings. The van der Waals surface area contributed by atoms with Gasteiger partial charge < -0.3 is 9.84 Å². The zero-order valence-corrected chi connectivity index (χ0v) is 14.0. The molecule has 9 heteroatoms. The average Bonchev–Trinajstić information content (AvgIpc) is 3.15. The van der Waals surface area contributed by atoms with Crippen molar-refractivity contribution in [1.29, 1.82) is 0 Å². The molecule has 114 valence electrons. The molecule has 0 bridgehead atoms. The number of benzene rings is 1. The fraction of sp³-hybridized carbons (Fsp3) is 0.231. The Morgan fingerprint density at radius 3 is 3.09 bits per heavy atom. The molecule has 0 atom stereocenters. The van der Waals surface area contributed by atoms with Gasteiger partial charge in [-0.1, -0.05) is 52.0 Å². The zero-order valence-electron chi connectivity index (χ0n) is 11.6. The summed E-state index contributed by atoms with van der Waals surface area (Å²) >= 11 is 8.98. The molecule has 3 aromatic rings. The Hall–Kier alpha value is -1.64. The van der Waals surface area contributed by atoms with Crippen LogP contribution in [0, 0.1) is 0 Å². The van der Waals surface area contributed by atoms with Gasteiger partial charge in [0.05, 0.1) is 5.75 Å². The van der Waals surface area contributed by atoms with Crippen LogP contribution in [-0.4, -0.2) is 26.9 Å². The number of aromatic nitrogens is 4. The molecule has 0 fully saturated rings. The molecule has 1 aromatic carbocycles. The van der Waals surface area contributed by atoms with Crippen LogP contribution in [0.3, 0.4) is 0 Å². The van der Waals surface area contributed by atoms with E-state index in [1.165, 1.54) is 23.1 Å². The molecular weight excluding hydrogens is 342 g/mol. The van der Waals surface area contributed by atoms with E-state index in [0.717, 1.165) is 21.6 Å². The summed E-state index contributed by atoms with van der Waals surface area (Å²) in [7, 11) is 0. The molecule has 2 heterocycles. The van der Waals surface area contributed by atoms with Crippen molar-refractivity contribution in [2.75, 3.05) is 11.9 Å². The summed E-state index contributed by atoms with van der Waals surface area (Å²) in [6.07, 6.45) is 0. The highest BCUT2D eigenvalue weighted by atomic mass is 35.5. The Morgan fingerprint density at radius 1 is 1.36 bits per heavy atom. The van der Waals surface area contributed by atoms with E-state index in [2.05, 4.69) is 25.7 Å². The molecule has 0 saturated carbocycles. The van der Waals surface area contributed by atoms with Crippen molar-refractivity contribution in [3.63, 3.8) is 0 Å². The number of rotatable bonds is 6. The van der Waals surface area contributed by atoms with Crippen LogP contribution in [0.5, 0.6) is 0 Å². The SMILES string of the molecule is CCNc1nnc(SCc2nc(-c3cccc(Cl)c3)no2)s1. The van der Waals surface area contributed by atoms with Crippen molar-refractivity contribution in [3.8, 4) is 11.4 Å². The molecular formula is C13H12ClN5OS2. The highest BCUT2D eigenvalue weighted by Gasteiger charge is 2.11. The number of nitrogens with one attached hydrogen (secondary N) is 1. The minimum Gasteiger partial charge on any atom is -0.360 e. The van der Waals surface area contributed by atoms with Crippen LogP contribution in [0.2, 0.25) is 5.02 Å². The smallest absolute Gasteiger partial charge is 0.237 e. The molecule has 0 unspecified atom stereocenters. The molecule has 0 spiro atoms. The Labute approximate surface area is 140 Å². The van der Waals surface area contributed by atoms with Gasteiger partial charge in [0.1, 0.15) is 0 Å². The Kier molecular flexibility index (Phi) is 4.91. The standard InChI is InChI=1S/C13H12ClN5OS2/c1-2-15-12-17-18-13(22-12)21-7-10-16-11(19-20-10)8-4-3-5-9(14)6-8/h3-6H,2,7H2,1H3,(H,15,17). The highest BCUT2D eigenvalue weighted by Crippen LogP contribution is 2.28. The third kappa shape index (κ3) is 3.76. The second kappa shape index (κ2) is 7.08. The summed E-state index contributed by atoms with van der Waals surface area (Å²) in [5, 5.41) is 16.7. The molecule has 0 amide bonds. The van der Waals surface area contributed by atoms with Crippen LogP contribution in [0.4, 0.5) is 5.13 Å². The molecule has 1 N–H and O–H groups in total. The third-order valence-corrected chi connectivity index (χ3v) is 4.84. The number of hydrogen-bond donors (Lipinski definition) is 1. The summed E-state index contributed by atoms with van der Waals surface area (Å²) in [6, 6.07) is 7.35. The van der Waals surface area contributed by atoms with Crippen molar-refractivity contribution in [2.45, 2.75) is 17.0 Å². The molecule has 2 aromatic heterocycles. The van der Waals surface area contributed by atoms with Crippen molar-refractivity contribution < 1.29 is 4.52 Å². The lowest BCUT2D eigenvalue weighted by Gasteiger charge is -1.94. The van der Waals surface area contributed by atoms with Gasteiger partial charge in [0.15, 0.2) is 4.34 Å². The first-order valence-electron chi connectivity index (χ1n) is 6.53.